The Labute approximate surface area is 187 Å². The number of carbonyl (C=O) groups is 4. The molecule has 0 aromatic heterocycles. The normalized spacial score (nSPS) is 24.1. The summed E-state index contributed by atoms with van der Waals surface area (Å²) in [4.78, 5) is 54.8. The lowest BCUT2D eigenvalue weighted by Gasteiger charge is -2.63. The van der Waals surface area contributed by atoms with Crippen molar-refractivity contribution in [2.75, 3.05) is 19.6 Å². The number of piperazine rings is 1. The van der Waals surface area contributed by atoms with Crippen LogP contribution in [-0.2, 0) is 0 Å². The van der Waals surface area contributed by atoms with Crippen molar-refractivity contribution >= 4 is 24.0 Å². The predicted octanol–water partition coefficient (Wildman–Crippen LogP) is 3.46. The number of amides is 4. The number of carbonyl (C=O) groups excluding carboxylic acids is 2. The molecule has 9 heteroatoms. The highest BCUT2D eigenvalue weighted by Crippen LogP contribution is 2.49. The summed E-state index contributed by atoms with van der Waals surface area (Å²) in [5.41, 5.74) is -2.38. The molecule has 0 radical (unpaired) electrons. The molecule has 2 aliphatic heterocycles. The average molecular weight is 446 g/mol. The summed E-state index contributed by atoms with van der Waals surface area (Å²) in [6.45, 7) is 10.7. The number of hydrogen-bond acceptors (Lipinski definition) is 4. The monoisotopic (exact) mass is 445 g/mol. The van der Waals surface area contributed by atoms with Crippen LogP contribution in [0.4, 0.5) is 9.59 Å². The van der Waals surface area contributed by atoms with Crippen LogP contribution in [0.15, 0.2) is 24.3 Å². The molecule has 2 N–H and O–H groups in total. The Morgan fingerprint density at radius 1 is 0.938 bits per heavy atom. The second kappa shape index (κ2) is 7.50. The van der Waals surface area contributed by atoms with Crippen molar-refractivity contribution < 1.29 is 29.4 Å². The molecule has 2 heterocycles. The maximum Gasteiger partial charge on any atom is 0.407 e. The van der Waals surface area contributed by atoms with Crippen molar-refractivity contribution in [1.29, 1.82) is 0 Å². The lowest BCUT2D eigenvalue weighted by molar-refractivity contribution is -0.126. The fourth-order valence-corrected chi connectivity index (χ4v) is 5.45. The van der Waals surface area contributed by atoms with Crippen LogP contribution in [0.2, 0.25) is 0 Å². The minimum Gasteiger partial charge on any atom is -0.465 e. The summed E-state index contributed by atoms with van der Waals surface area (Å²) >= 11 is 0. The fourth-order valence-electron chi connectivity index (χ4n) is 5.45. The number of imide groups is 1. The molecule has 2 aliphatic rings. The first-order valence-electron chi connectivity index (χ1n) is 10.6. The fraction of sp³-hybridized carbons (Fsp3) is 0.565. The van der Waals surface area contributed by atoms with E-state index in [1.165, 1.54) is 9.80 Å². The van der Waals surface area contributed by atoms with Gasteiger partial charge < -0.3 is 15.1 Å². The minimum absolute atomic E-state index is 0.00349. The highest BCUT2D eigenvalue weighted by Gasteiger charge is 2.64. The lowest BCUT2D eigenvalue weighted by atomic mass is 9.59. The van der Waals surface area contributed by atoms with Crippen LogP contribution in [0.1, 0.15) is 62.3 Å². The number of fused-ring (bicyclic) bond motifs is 1. The van der Waals surface area contributed by atoms with Crippen LogP contribution >= 0.6 is 0 Å². The van der Waals surface area contributed by atoms with Crippen LogP contribution in [0, 0.1) is 10.8 Å². The zero-order valence-electron chi connectivity index (χ0n) is 19.4. The van der Waals surface area contributed by atoms with Gasteiger partial charge in [0.25, 0.3) is 11.8 Å². The summed E-state index contributed by atoms with van der Waals surface area (Å²) in [6.07, 6.45) is -2.37. The molecule has 1 saturated heterocycles. The molecule has 1 aromatic carbocycles. The van der Waals surface area contributed by atoms with Crippen LogP contribution in [0.3, 0.4) is 0 Å². The smallest absolute Gasteiger partial charge is 0.407 e. The summed E-state index contributed by atoms with van der Waals surface area (Å²) in [5, 5.41) is 20.2. The van der Waals surface area contributed by atoms with Crippen LogP contribution < -0.4 is 0 Å². The minimum atomic E-state index is -1.39. The molecular formula is C23H31N3O6. The highest BCUT2D eigenvalue weighted by atomic mass is 16.4. The SMILES string of the molecule is CC(C)(C)C1N(C(=O)O)CCN(C(=O)O)[C@@]1(CN1C(=O)c2ccccc2C1=O)C(C)(C)C. The topological polar surface area (TPSA) is 118 Å². The van der Waals surface area contributed by atoms with E-state index >= 15 is 0 Å². The summed E-state index contributed by atoms with van der Waals surface area (Å²) in [6, 6.07) is 5.66. The number of rotatable bonds is 2. The van der Waals surface area contributed by atoms with E-state index in [1.54, 1.807) is 24.3 Å². The molecule has 0 saturated carbocycles. The molecule has 2 atom stereocenters. The standard InChI is InChI=1S/C23H31N3O6/c1-21(2,3)18-23(22(4,5)6,26(20(31)32)12-11-24(18)19(29)30)13-25-16(27)14-9-7-8-10-15(14)17(25)28/h7-10,18H,11-13H2,1-6H3,(H,29,30)(H,31,32)/t18?,23-/m1/s1. The van der Waals surface area contributed by atoms with Crippen molar-refractivity contribution in [3.63, 3.8) is 0 Å². The van der Waals surface area contributed by atoms with Gasteiger partial charge in [-0.25, -0.2) is 9.59 Å². The number of benzene rings is 1. The Bertz CT molecular complexity index is 942. The second-order valence-corrected chi connectivity index (χ2v) is 10.6. The van der Waals surface area contributed by atoms with E-state index in [9.17, 15) is 29.4 Å². The van der Waals surface area contributed by atoms with Gasteiger partial charge >= 0.3 is 12.2 Å². The molecule has 174 valence electrons. The second-order valence-electron chi connectivity index (χ2n) is 10.6. The molecule has 0 bridgehead atoms. The Morgan fingerprint density at radius 2 is 1.44 bits per heavy atom. The highest BCUT2D eigenvalue weighted by molar-refractivity contribution is 6.21. The third kappa shape index (κ3) is 3.40. The molecule has 0 spiro atoms. The molecule has 0 aliphatic carbocycles. The van der Waals surface area contributed by atoms with Gasteiger partial charge in [0.1, 0.15) is 0 Å². The van der Waals surface area contributed by atoms with Crippen LogP contribution in [0.25, 0.3) is 0 Å². The molecular weight excluding hydrogens is 414 g/mol. The van der Waals surface area contributed by atoms with Crippen LogP contribution in [-0.4, -0.2) is 80.1 Å². The average Bonchev–Trinajstić information content (AvgIpc) is 2.90. The predicted molar refractivity (Wildman–Crippen MR) is 117 cm³/mol. The van der Waals surface area contributed by atoms with E-state index in [2.05, 4.69) is 0 Å². The summed E-state index contributed by atoms with van der Waals surface area (Å²) < 4.78 is 0. The Balaban J connectivity index is 2.25. The molecule has 1 fully saturated rings. The van der Waals surface area contributed by atoms with E-state index in [1.807, 2.05) is 41.5 Å². The number of hydrogen-bond donors (Lipinski definition) is 2. The van der Waals surface area contributed by atoms with E-state index in [-0.39, 0.29) is 30.8 Å². The van der Waals surface area contributed by atoms with Gasteiger partial charge in [0, 0.05) is 13.1 Å². The molecule has 32 heavy (non-hydrogen) atoms. The summed E-state index contributed by atoms with van der Waals surface area (Å²) in [7, 11) is 0. The van der Waals surface area contributed by atoms with Crippen molar-refractivity contribution in [3.8, 4) is 0 Å². The van der Waals surface area contributed by atoms with E-state index in [4.69, 9.17) is 0 Å². The molecule has 4 amide bonds. The van der Waals surface area contributed by atoms with Crippen molar-refractivity contribution in [2.24, 2.45) is 10.8 Å². The Morgan fingerprint density at radius 3 is 1.81 bits per heavy atom. The first kappa shape index (κ1) is 23.6. The maximum absolute atomic E-state index is 13.2. The zero-order chi connectivity index (χ0) is 24.2. The molecule has 1 unspecified atom stereocenters. The molecule has 1 aromatic rings. The van der Waals surface area contributed by atoms with Gasteiger partial charge in [-0.15, -0.1) is 0 Å². The van der Waals surface area contributed by atoms with Gasteiger partial charge in [0.05, 0.1) is 29.3 Å². The van der Waals surface area contributed by atoms with Gasteiger partial charge in [-0.2, -0.15) is 0 Å². The van der Waals surface area contributed by atoms with Gasteiger partial charge in [-0.05, 0) is 23.0 Å². The van der Waals surface area contributed by atoms with Crippen molar-refractivity contribution in [3.05, 3.63) is 35.4 Å². The Hall–Kier alpha value is -3.10. The Kier molecular flexibility index (Phi) is 5.52. The quantitative estimate of drug-likeness (QED) is 0.673. The molecule has 3 rings (SSSR count). The number of carboxylic acid groups (broad SMARTS) is 2. The van der Waals surface area contributed by atoms with Gasteiger partial charge in [0.2, 0.25) is 0 Å². The van der Waals surface area contributed by atoms with Crippen LogP contribution in [0.5, 0.6) is 0 Å². The first-order chi connectivity index (χ1) is 14.6. The van der Waals surface area contributed by atoms with E-state index in [0.29, 0.717) is 0 Å². The van der Waals surface area contributed by atoms with Gasteiger partial charge in [-0.1, -0.05) is 53.7 Å². The van der Waals surface area contributed by atoms with Gasteiger partial charge in [-0.3, -0.25) is 19.4 Å². The first-order valence-corrected chi connectivity index (χ1v) is 10.6. The lowest BCUT2D eigenvalue weighted by Crippen LogP contribution is -2.80. The number of nitrogens with zero attached hydrogens (tertiary/aromatic N) is 3. The molecule has 9 nitrogen and oxygen atoms in total. The van der Waals surface area contributed by atoms with E-state index < -0.39 is 46.4 Å². The van der Waals surface area contributed by atoms with E-state index in [0.717, 1.165) is 4.90 Å². The zero-order valence-corrected chi connectivity index (χ0v) is 19.4. The third-order valence-electron chi connectivity index (χ3n) is 6.68. The van der Waals surface area contributed by atoms with Crippen molar-refractivity contribution in [1.82, 2.24) is 14.7 Å². The third-order valence-corrected chi connectivity index (χ3v) is 6.68. The summed E-state index contributed by atoms with van der Waals surface area (Å²) in [5.74, 6) is -1.00. The van der Waals surface area contributed by atoms with Gasteiger partial charge in [0.15, 0.2) is 0 Å². The maximum atomic E-state index is 13.2. The van der Waals surface area contributed by atoms with Crippen molar-refractivity contribution in [2.45, 2.75) is 53.1 Å². The largest absolute Gasteiger partial charge is 0.465 e.